The minimum atomic E-state index is -0.406. The molecular formula is C14H17FN2O2. The fourth-order valence-electron chi connectivity index (χ4n) is 1.57. The standard InChI is InChI=1S/C14H17FN2O2/c1-14(2,3)8-12-16-17-13(19-12)9-18-11-7-5-4-6-10(11)15/h4-7H,8-9H2,1-3H3. The Hall–Kier alpha value is -1.91. The van der Waals surface area contributed by atoms with Gasteiger partial charge < -0.3 is 9.15 Å². The highest BCUT2D eigenvalue weighted by Gasteiger charge is 2.16. The maximum Gasteiger partial charge on any atom is 0.253 e. The summed E-state index contributed by atoms with van der Waals surface area (Å²) in [7, 11) is 0. The topological polar surface area (TPSA) is 48.2 Å². The summed E-state index contributed by atoms with van der Waals surface area (Å²) in [6, 6.07) is 6.21. The van der Waals surface area contributed by atoms with Crippen LogP contribution in [0.5, 0.6) is 5.75 Å². The van der Waals surface area contributed by atoms with E-state index in [0.717, 1.165) is 0 Å². The van der Waals surface area contributed by atoms with Crippen LogP contribution >= 0.6 is 0 Å². The molecule has 1 aromatic carbocycles. The van der Waals surface area contributed by atoms with Crippen LogP contribution in [0.3, 0.4) is 0 Å². The van der Waals surface area contributed by atoms with Crippen molar-refractivity contribution < 1.29 is 13.5 Å². The van der Waals surface area contributed by atoms with Gasteiger partial charge in [0.25, 0.3) is 5.89 Å². The van der Waals surface area contributed by atoms with E-state index < -0.39 is 5.82 Å². The summed E-state index contributed by atoms with van der Waals surface area (Å²) < 4.78 is 24.1. The van der Waals surface area contributed by atoms with Gasteiger partial charge in [0, 0.05) is 6.42 Å². The fourth-order valence-corrected chi connectivity index (χ4v) is 1.57. The second-order valence-corrected chi connectivity index (χ2v) is 5.55. The quantitative estimate of drug-likeness (QED) is 0.849. The lowest BCUT2D eigenvalue weighted by molar-refractivity contribution is 0.244. The Morgan fingerprint density at radius 2 is 1.84 bits per heavy atom. The summed E-state index contributed by atoms with van der Waals surface area (Å²) in [5, 5.41) is 7.83. The molecule has 1 heterocycles. The van der Waals surface area contributed by atoms with Crippen molar-refractivity contribution >= 4 is 0 Å². The number of halogens is 1. The fraction of sp³-hybridized carbons (Fsp3) is 0.429. The summed E-state index contributed by atoms with van der Waals surface area (Å²) in [6.07, 6.45) is 0.694. The molecule has 0 aliphatic carbocycles. The Kier molecular flexibility index (Phi) is 3.83. The van der Waals surface area contributed by atoms with Gasteiger partial charge in [0.15, 0.2) is 18.2 Å². The second-order valence-electron chi connectivity index (χ2n) is 5.55. The monoisotopic (exact) mass is 264 g/mol. The molecule has 0 unspecified atom stereocenters. The highest BCUT2D eigenvalue weighted by molar-refractivity contribution is 5.23. The third-order valence-corrected chi connectivity index (χ3v) is 2.38. The van der Waals surface area contributed by atoms with Gasteiger partial charge in [-0.25, -0.2) is 4.39 Å². The van der Waals surface area contributed by atoms with Crippen LogP contribution in [0.4, 0.5) is 4.39 Å². The zero-order chi connectivity index (χ0) is 13.9. The number of hydrogen-bond donors (Lipinski definition) is 0. The molecule has 4 nitrogen and oxygen atoms in total. The van der Waals surface area contributed by atoms with Crippen molar-refractivity contribution in [1.82, 2.24) is 10.2 Å². The Morgan fingerprint density at radius 3 is 2.53 bits per heavy atom. The minimum Gasteiger partial charge on any atom is -0.481 e. The van der Waals surface area contributed by atoms with Gasteiger partial charge in [-0.05, 0) is 17.5 Å². The van der Waals surface area contributed by atoms with Crippen molar-refractivity contribution in [1.29, 1.82) is 0 Å². The van der Waals surface area contributed by atoms with E-state index in [4.69, 9.17) is 9.15 Å². The molecule has 0 bridgehead atoms. The molecule has 0 aliphatic heterocycles. The van der Waals surface area contributed by atoms with Crippen molar-refractivity contribution in [3.63, 3.8) is 0 Å². The molecule has 1 aromatic heterocycles. The first-order valence-corrected chi connectivity index (χ1v) is 6.13. The van der Waals surface area contributed by atoms with Crippen molar-refractivity contribution in [3.8, 4) is 5.75 Å². The molecule has 2 rings (SSSR count). The molecule has 0 N–H and O–H groups in total. The van der Waals surface area contributed by atoms with E-state index in [1.54, 1.807) is 18.2 Å². The Labute approximate surface area is 111 Å². The largest absolute Gasteiger partial charge is 0.481 e. The molecule has 2 aromatic rings. The summed E-state index contributed by atoms with van der Waals surface area (Å²) in [4.78, 5) is 0. The predicted molar refractivity (Wildman–Crippen MR) is 68.2 cm³/mol. The number of hydrogen-bond acceptors (Lipinski definition) is 4. The summed E-state index contributed by atoms with van der Waals surface area (Å²) in [5.74, 6) is 0.692. The SMILES string of the molecule is CC(C)(C)Cc1nnc(COc2ccccc2F)o1. The summed E-state index contributed by atoms with van der Waals surface area (Å²) in [6.45, 7) is 6.34. The van der Waals surface area contributed by atoms with E-state index in [-0.39, 0.29) is 17.8 Å². The maximum absolute atomic E-state index is 13.3. The van der Waals surface area contributed by atoms with Crippen molar-refractivity contribution in [3.05, 3.63) is 41.9 Å². The van der Waals surface area contributed by atoms with Crippen LogP contribution in [0.15, 0.2) is 28.7 Å². The van der Waals surface area contributed by atoms with E-state index in [0.29, 0.717) is 18.2 Å². The van der Waals surface area contributed by atoms with Crippen LogP contribution in [0.1, 0.15) is 32.6 Å². The first kappa shape index (κ1) is 13.5. The van der Waals surface area contributed by atoms with Crippen molar-refractivity contribution in [2.24, 2.45) is 5.41 Å². The van der Waals surface area contributed by atoms with Crippen LogP contribution < -0.4 is 4.74 Å². The minimum absolute atomic E-state index is 0.0675. The van der Waals surface area contributed by atoms with Gasteiger partial charge in [-0.15, -0.1) is 10.2 Å². The zero-order valence-electron chi connectivity index (χ0n) is 11.3. The first-order valence-electron chi connectivity index (χ1n) is 6.13. The summed E-state index contributed by atoms with van der Waals surface area (Å²) >= 11 is 0. The number of benzene rings is 1. The van der Waals surface area contributed by atoms with Crippen LogP contribution in [0.2, 0.25) is 0 Å². The Bertz CT molecular complexity index is 546. The van der Waals surface area contributed by atoms with Gasteiger partial charge in [-0.3, -0.25) is 0 Å². The molecule has 5 heteroatoms. The van der Waals surface area contributed by atoms with Crippen LogP contribution in [-0.2, 0) is 13.0 Å². The lowest BCUT2D eigenvalue weighted by Gasteiger charge is -2.14. The predicted octanol–water partition coefficient (Wildman–Crippen LogP) is 3.38. The molecule has 0 saturated heterocycles. The van der Waals surface area contributed by atoms with E-state index >= 15 is 0 Å². The van der Waals surface area contributed by atoms with Crippen LogP contribution in [-0.4, -0.2) is 10.2 Å². The Balaban J connectivity index is 1.96. The smallest absolute Gasteiger partial charge is 0.253 e. The Morgan fingerprint density at radius 1 is 1.16 bits per heavy atom. The normalized spacial score (nSPS) is 11.6. The third kappa shape index (κ3) is 4.05. The molecule has 0 atom stereocenters. The molecule has 0 aliphatic rings. The van der Waals surface area contributed by atoms with Gasteiger partial charge in [0.2, 0.25) is 5.89 Å². The van der Waals surface area contributed by atoms with Crippen LogP contribution in [0, 0.1) is 11.2 Å². The molecule has 102 valence electrons. The van der Waals surface area contributed by atoms with E-state index in [1.807, 2.05) is 0 Å². The average Bonchev–Trinajstić information content (AvgIpc) is 2.73. The molecule has 0 saturated carbocycles. The number of para-hydroxylation sites is 1. The first-order chi connectivity index (χ1) is 8.94. The lowest BCUT2D eigenvalue weighted by atomic mass is 9.92. The highest BCUT2D eigenvalue weighted by atomic mass is 19.1. The number of aromatic nitrogens is 2. The second kappa shape index (κ2) is 5.38. The van der Waals surface area contributed by atoms with Crippen molar-refractivity contribution in [2.45, 2.75) is 33.8 Å². The van der Waals surface area contributed by atoms with Gasteiger partial charge in [0.1, 0.15) is 0 Å². The van der Waals surface area contributed by atoms with Crippen LogP contribution in [0.25, 0.3) is 0 Å². The molecule has 19 heavy (non-hydrogen) atoms. The number of ether oxygens (including phenoxy) is 1. The van der Waals surface area contributed by atoms with Gasteiger partial charge >= 0.3 is 0 Å². The lowest BCUT2D eigenvalue weighted by Crippen LogP contribution is -2.09. The van der Waals surface area contributed by atoms with E-state index in [2.05, 4.69) is 31.0 Å². The van der Waals surface area contributed by atoms with E-state index in [1.165, 1.54) is 6.07 Å². The molecule has 0 fully saturated rings. The summed E-state index contributed by atoms with van der Waals surface area (Å²) in [5.41, 5.74) is 0.0796. The number of nitrogens with zero attached hydrogens (tertiary/aromatic N) is 2. The molecular weight excluding hydrogens is 247 g/mol. The van der Waals surface area contributed by atoms with Crippen molar-refractivity contribution in [2.75, 3.05) is 0 Å². The van der Waals surface area contributed by atoms with Gasteiger partial charge in [-0.1, -0.05) is 32.9 Å². The van der Waals surface area contributed by atoms with Gasteiger partial charge in [-0.2, -0.15) is 0 Å². The maximum atomic E-state index is 13.3. The third-order valence-electron chi connectivity index (χ3n) is 2.38. The average molecular weight is 264 g/mol. The molecule has 0 radical (unpaired) electrons. The highest BCUT2D eigenvalue weighted by Crippen LogP contribution is 2.20. The van der Waals surface area contributed by atoms with E-state index in [9.17, 15) is 4.39 Å². The molecule has 0 amide bonds. The van der Waals surface area contributed by atoms with Gasteiger partial charge in [0.05, 0.1) is 0 Å². The molecule has 0 spiro atoms. The number of rotatable bonds is 4. The zero-order valence-corrected chi connectivity index (χ0v) is 11.3.